The van der Waals surface area contributed by atoms with Gasteiger partial charge in [-0.15, -0.1) is 0 Å². The monoisotopic (exact) mass is 351 g/mol. The van der Waals surface area contributed by atoms with Crippen molar-refractivity contribution in [1.29, 1.82) is 0 Å². The minimum Gasteiger partial charge on any atom is -0.389 e. The third kappa shape index (κ3) is 3.17. The molecule has 0 aliphatic carbocycles. The number of halogens is 3. The molecule has 1 N–H and O–H groups in total. The molecule has 1 aliphatic rings. The highest BCUT2D eigenvalue weighted by atomic mass is 19.4. The number of aromatic nitrogens is 1. The minimum absolute atomic E-state index is 0.146. The quantitative estimate of drug-likeness (QED) is 0.859. The lowest BCUT2D eigenvalue weighted by atomic mass is 9.79. The van der Waals surface area contributed by atoms with Crippen molar-refractivity contribution >= 4 is 6.29 Å². The Hall–Kier alpha value is -2.25. The fourth-order valence-electron chi connectivity index (χ4n) is 2.82. The summed E-state index contributed by atoms with van der Waals surface area (Å²) in [4.78, 5) is 14.8. The molecule has 2 heterocycles. The van der Waals surface area contributed by atoms with Gasteiger partial charge in [0, 0.05) is 11.8 Å². The maximum atomic E-state index is 12.8. The van der Waals surface area contributed by atoms with Gasteiger partial charge in [0.15, 0.2) is 0 Å². The molecular formula is C18H16F3NO3. The Morgan fingerprint density at radius 3 is 2.36 bits per heavy atom. The number of hydrogen-bond acceptors (Lipinski definition) is 4. The van der Waals surface area contributed by atoms with Crippen LogP contribution in [0.5, 0.6) is 0 Å². The van der Waals surface area contributed by atoms with Gasteiger partial charge in [-0.25, -0.2) is 0 Å². The van der Waals surface area contributed by atoms with E-state index < -0.39 is 23.4 Å². The van der Waals surface area contributed by atoms with Crippen LogP contribution in [-0.2, 0) is 21.1 Å². The van der Waals surface area contributed by atoms with Gasteiger partial charge in [0.25, 0.3) is 0 Å². The fourth-order valence-corrected chi connectivity index (χ4v) is 2.82. The van der Waals surface area contributed by atoms with E-state index in [1.165, 1.54) is 6.92 Å². The number of rotatable bonds is 4. The predicted octanol–water partition coefficient (Wildman–Crippen LogP) is 3.29. The van der Waals surface area contributed by atoms with Crippen molar-refractivity contribution in [3.05, 3.63) is 53.3 Å². The lowest BCUT2D eigenvalue weighted by Crippen LogP contribution is -2.48. The first-order valence-electron chi connectivity index (χ1n) is 7.67. The summed E-state index contributed by atoms with van der Waals surface area (Å²) in [6.07, 6.45) is -3.69. The second-order valence-corrected chi connectivity index (χ2v) is 6.17. The summed E-state index contributed by atoms with van der Waals surface area (Å²) in [7, 11) is 0. The molecule has 0 radical (unpaired) electrons. The fraction of sp³-hybridized carbons (Fsp3) is 0.333. The molecule has 132 valence electrons. The normalized spacial score (nSPS) is 17.6. The number of ether oxygens (including phenoxy) is 1. The van der Waals surface area contributed by atoms with Crippen LogP contribution in [0.15, 0.2) is 36.5 Å². The summed E-state index contributed by atoms with van der Waals surface area (Å²) >= 11 is 0. The number of aliphatic hydroxyl groups is 1. The Labute approximate surface area is 142 Å². The topological polar surface area (TPSA) is 59.4 Å². The van der Waals surface area contributed by atoms with Crippen molar-refractivity contribution in [1.82, 2.24) is 4.98 Å². The van der Waals surface area contributed by atoms with E-state index in [-0.39, 0.29) is 5.56 Å². The van der Waals surface area contributed by atoms with Gasteiger partial charge in [-0.05, 0) is 29.7 Å². The van der Waals surface area contributed by atoms with E-state index in [0.717, 1.165) is 24.1 Å². The molecule has 1 aromatic heterocycles. The zero-order valence-corrected chi connectivity index (χ0v) is 13.4. The third-order valence-corrected chi connectivity index (χ3v) is 4.39. The van der Waals surface area contributed by atoms with E-state index in [9.17, 15) is 23.1 Å². The summed E-state index contributed by atoms with van der Waals surface area (Å²) in [6, 6.07) is 7.76. The van der Waals surface area contributed by atoms with E-state index >= 15 is 0 Å². The zero-order chi connectivity index (χ0) is 18.2. The van der Waals surface area contributed by atoms with Crippen molar-refractivity contribution in [2.75, 3.05) is 13.2 Å². The molecule has 1 atom stereocenters. The largest absolute Gasteiger partial charge is 0.433 e. The van der Waals surface area contributed by atoms with E-state index in [2.05, 4.69) is 4.98 Å². The number of benzene rings is 1. The number of nitrogens with zero attached hydrogens (tertiary/aromatic N) is 1. The zero-order valence-electron chi connectivity index (χ0n) is 13.4. The molecule has 7 heteroatoms. The maximum Gasteiger partial charge on any atom is 0.433 e. The number of alkyl halides is 3. The van der Waals surface area contributed by atoms with E-state index in [1.807, 2.05) is 0 Å². The molecule has 3 rings (SSSR count). The smallest absolute Gasteiger partial charge is 0.389 e. The standard InChI is InChI=1S/C18H16F3NO3/c1-11(24)14-6-16(18(19,20)21)22-7-15(14)12-2-4-13(5-3-12)17(8-23)9-25-10-17/h2-8,11,24H,9-10H2,1H3. The van der Waals surface area contributed by atoms with E-state index in [4.69, 9.17) is 4.74 Å². The average molecular weight is 351 g/mol. The summed E-state index contributed by atoms with van der Waals surface area (Å²) in [5.74, 6) is 0. The molecule has 25 heavy (non-hydrogen) atoms. The van der Waals surface area contributed by atoms with Crippen LogP contribution >= 0.6 is 0 Å². The summed E-state index contributed by atoms with van der Waals surface area (Å²) in [5.41, 5.74) is 0.268. The van der Waals surface area contributed by atoms with Crippen LogP contribution < -0.4 is 0 Å². The van der Waals surface area contributed by atoms with Crippen molar-refractivity contribution in [2.24, 2.45) is 0 Å². The van der Waals surface area contributed by atoms with Crippen LogP contribution in [0.3, 0.4) is 0 Å². The second kappa shape index (κ2) is 6.24. The van der Waals surface area contributed by atoms with Crippen LogP contribution in [0.2, 0.25) is 0 Å². The summed E-state index contributed by atoms with van der Waals surface area (Å²) < 4.78 is 43.6. The van der Waals surface area contributed by atoms with Crippen molar-refractivity contribution in [3.63, 3.8) is 0 Å². The van der Waals surface area contributed by atoms with Crippen LogP contribution in [-0.4, -0.2) is 29.6 Å². The number of pyridine rings is 1. The van der Waals surface area contributed by atoms with E-state index in [1.54, 1.807) is 24.3 Å². The van der Waals surface area contributed by atoms with Crippen LogP contribution in [0.1, 0.15) is 29.8 Å². The molecule has 1 aliphatic heterocycles. The Kier molecular flexibility index (Phi) is 4.38. The molecular weight excluding hydrogens is 335 g/mol. The third-order valence-electron chi connectivity index (χ3n) is 4.39. The number of aldehydes is 1. The molecule has 1 fully saturated rings. The van der Waals surface area contributed by atoms with Gasteiger partial charge < -0.3 is 14.6 Å². The number of carbonyl (C=O) groups excluding carboxylic acids is 1. The number of carbonyl (C=O) groups is 1. The van der Waals surface area contributed by atoms with Crippen molar-refractivity contribution in [3.8, 4) is 11.1 Å². The highest BCUT2D eigenvalue weighted by Gasteiger charge is 2.40. The van der Waals surface area contributed by atoms with Gasteiger partial charge in [0.1, 0.15) is 12.0 Å². The van der Waals surface area contributed by atoms with Crippen LogP contribution in [0.25, 0.3) is 11.1 Å². The molecule has 2 aromatic rings. The average Bonchev–Trinajstić information content (AvgIpc) is 2.53. The first-order chi connectivity index (χ1) is 11.8. The highest BCUT2D eigenvalue weighted by molar-refractivity contribution is 5.73. The molecule has 1 saturated heterocycles. The van der Waals surface area contributed by atoms with Gasteiger partial charge in [-0.3, -0.25) is 4.98 Å². The highest BCUT2D eigenvalue weighted by Crippen LogP contribution is 2.36. The van der Waals surface area contributed by atoms with Crippen molar-refractivity contribution in [2.45, 2.75) is 24.6 Å². The molecule has 0 amide bonds. The van der Waals surface area contributed by atoms with Gasteiger partial charge >= 0.3 is 6.18 Å². The number of aliphatic hydroxyl groups excluding tert-OH is 1. The number of hydrogen-bond donors (Lipinski definition) is 1. The Bertz CT molecular complexity index is 781. The lowest BCUT2D eigenvalue weighted by molar-refractivity contribution is -0.141. The van der Waals surface area contributed by atoms with Gasteiger partial charge in [-0.1, -0.05) is 24.3 Å². The van der Waals surface area contributed by atoms with Gasteiger partial charge in [-0.2, -0.15) is 13.2 Å². The minimum atomic E-state index is -4.58. The van der Waals surface area contributed by atoms with Crippen molar-refractivity contribution < 1.29 is 27.8 Å². The SMILES string of the molecule is CC(O)c1cc(C(F)(F)F)ncc1-c1ccc(C2(C=O)COC2)cc1. The molecule has 0 saturated carbocycles. The first-order valence-corrected chi connectivity index (χ1v) is 7.67. The second-order valence-electron chi connectivity index (χ2n) is 6.17. The molecule has 1 aromatic carbocycles. The molecule has 4 nitrogen and oxygen atoms in total. The molecule has 0 bridgehead atoms. The summed E-state index contributed by atoms with van der Waals surface area (Å²) in [5, 5.41) is 9.87. The maximum absolute atomic E-state index is 12.8. The molecule has 1 unspecified atom stereocenters. The first kappa shape index (κ1) is 17.6. The Morgan fingerprint density at radius 1 is 1.28 bits per heavy atom. The molecule has 0 spiro atoms. The Morgan fingerprint density at radius 2 is 1.92 bits per heavy atom. The lowest BCUT2D eigenvalue weighted by Gasteiger charge is -2.36. The van der Waals surface area contributed by atoms with Gasteiger partial charge in [0.2, 0.25) is 0 Å². The van der Waals surface area contributed by atoms with Gasteiger partial charge in [0.05, 0.1) is 24.7 Å². The van der Waals surface area contributed by atoms with Crippen LogP contribution in [0.4, 0.5) is 13.2 Å². The van der Waals surface area contributed by atoms with Crippen LogP contribution in [0, 0.1) is 0 Å². The van der Waals surface area contributed by atoms with E-state index in [0.29, 0.717) is 24.3 Å². The summed E-state index contributed by atoms with van der Waals surface area (Å²) in [6.45, 7) is 2.04. The predicted molar refractivity (Wildman–Crippen MR) is 83.9 cm³/mol. The Balaban J connectivity index is 2.00.